The molecule has 0 unspecified atom stereocenters. The SMILES string of the molecule is Cc1nc[nH]c(=O)c1OCc1ccccc1. The quantitative estimate of drug-likeness (QED) is 0.848. The highest BCUT2D eigenvalue weighted by molar-refractivity contribution is 5.23. The van der Waals surface area contributed by atoms with Gasteiger partial charge in [0.2, 0.25) is 5.75 Å². The highest BCUT2D eigenvalue weighted by atomic mass is 16.5. The molecule has 0 spiro atoms. The van der Waals surface area contributed by atoms with Gasteiger partial charge < -0.3 is 9.72 Å². The minimum Gasteiger partial charge on any atom is -0.482 e. The predicted molar refractivity (Wildman–Crippen MR) is 60.4 cm³/mol. The van der Waals surface area contributed by atoms with E-state index in [1.54, 1.807) is 6.92 Å². The van der Waals surface area contributed by atoms with E-state index in [1.807, 2.05) is 30.3 Å². The summed E-state index contributed by atoms with van der Waals surface area (Å²) in [6.45, 7) is 2.12. The van der Waals surface area contributed by atoms with Gasteiger partial charge in [-0.1, -0.05) is 30.3 Å². The molecule has 0 radical (unpaired) electrons. The van der Waals surface area contributed by atoms with Gasteiger partial charge >= 0.3 is 0 Å². The largest absolute Gasteiger partial charge is 0.482 e. The molecule has 0 fully saturated rings. The molecule has 1 aromatic heterocycles. The molecule has 1 N–H and O–H groups in total. The summed E-state index contributed by atoms with van der Waals surface area (Å²) in [7, 11) is 0. The lowest BCUT2D eigenvalue weighted by atomic mass is 10.2. The van der Waals surface area contributed by atoms with E-state index in [0.717, 1.165) is 5.56 Å². The van der Waals surface area contributed by atoms with E-state index in [1.165, 1.54) is 6.33 Å². The number of aromatic amines is 1. The second-order valence-electron chi connectivity index (χ2n) is 3.42. The molecule has 0 saturated carbocycles. The molecule has 0 aliphatic rings. The van der Waals surface area contributed by atoms with Crippen molar-refractivity contribution in [2.75, 3.05) is 0 Å². The standard InChI is InChI=1S/C12H12N2O2/c1-9-11(12(15)14-8-13-9)16-7-10-5-3-2-4-6-10/h2-6,8H,7H2,1H3,(H,13,14,15). The molecule has 4 heteroatoms. The van der Waals surface area contributed by atoms with E-state index in [2.05, 4.69) is 9.97 Å². The van der Waals surface area contributed by atoms with E-state index < -0.39 is 0 Å². The molecule has 2 rings (SSSR count). The third-order valence-electron chi connectivity index (χ3n) is 2.21. The number of benzene rings is 1. The van der Waals surface area contributed by atoms with Crippen molar-refractivity contribution in [3.63, 3.8) is 0 Å². The Morgan fingerprint density at radius 3 is 2.75 bits per heavy atom. The lowest BCUT2D eigenvalue weighted by Crippen LogP contribution is -2.13. The molecule has 0 aliphatic carbocycles. The summed E-state index contributed by atoms with van der Waals surface area (Å²) in [5.74, 6) is 0.284. The third-order valence-corrected chi connectivity index (χ3v) is 2.21. The summed E-state index contributed by atoms with van der Waals surface area (Å²) < 4.78 is 5.45. The van der Waals surface area contributed by atoms with E-state index in [0.29, 0.717) is 12.3 Å². The van der Waals surface area contributed by atoms with Crippen LogP contribution in [0.15, 0.2) is 41.5 Å². The number of ether oxygens (including phenoxy) is 1. The van der Waals surface area contributed by atoms with E-state index in [-0.39, 0.29) is 11.3 Å². The second kappa shape index (κ2) is 4.61. The van der Waals surface area contributed by atoms with Crippen molar-refractivity contribution >= 4 is 0 Å². The van der Waals surface area contributed by atoms with Gasteiger partial charge in [-0.25, -0.2) is 4.98 Å². The Hall–Kier alpha value is -2.10. The smallest absolute Gasteiger partial charge is 0.293 e. The maximum atomic E-state index is 11.4. The van der Waals surface area contributed by atoms with Crippen LogP contribution in [0.3, 0.4) is 0 Å². The van der Waals surface area contributed by atoms with E-state index in [9.17, 15) is 4.79 Å². The van der Waals surface area contributed by atoms with Gasteiger partial charge in [0.05, 0.1) is 12.0 Å². The average Bonchev–Trinajstić information content (AvgIpc) is 2.30. The lowest BCUT2D eigenvalue weighted by Gasteiger charge is -2.06. The molecule has 82 valence electrons. The van der Waals surface area contributed by atoms with Crippen LogP contribution in [0.5, 0.6) is 5.75 Å². The maximum absolute atomic E-state index is 11.4. The summed E-state index contributed by atoms with van der Waals surface area (Å²) >= 11 is 0. The van der Waals surface area contributed by atoms with Crippen molar-refractivity contribution < 1.29 is 4.74 Å². The monoisotopic (exact) mass is 216 g/mol. The van der Waals surface area contributed by atoms with Crippen LogP contribution in [0.2, 0.25) is 0 Å². The van der Waals surface area contributed by atoms with Gasteiger partial charge in [0.25, 0.3) is 5.56 Å². The van der Waals surface area contributed by atoms with Crippen LogP contribution >= 0.6 is 0 Å². The van der Waals surface area contributed by atoms with Crippen LogP contribution in [0, 0.1) is 6.92 Å². The first-order valence-corrected chi connectivity index (χ1v) is 4.98. The van der Waals surface area contributed by atoms with Crippen molar-refractivity contribution in [1.82, 2.24) is 9.97 Å². The molecule has 0 amide bonds. The topological polar surface area (TPSA) is 55.0 Å². The van der Waals surface area contributed by atoms with Gasteiger partial charge in [-0.3, -0.25) is 4.79 Å². The minimum atomic E-state index is -0.247. The van der Waals surface area contributed by atoms with Gasteiger partial charge in [-0.05, 0) is 12.5 Å². The molecular weight excluding hydrogens is 204 g/mol. The fraction of sp³-hybridized carbons (Fsp3) is 0.167. The number of nitrogens with one attached hydrogen (secondary N) is 1. The van der Waals surface area contributed by atoms with E-state index >= 15 is 0 Å². The lowest BCUT2D eigenvalue weighted by molar-refractivity contribution is 0.297. The second-order valence-corrected chi connectivity index (χ2v) is 3.42. The van der Waals surface area contributed by atoms with Crippen molar-refractivity contribution in [2.45, 2.75) is 13.5 Å². The number of hydrogen-bond acceptors (Lipinski definition) is 3. The molecular formula is C12H12N2O2. The average molecular weight is 216 g/mol. The Morgan fingerprint density at radius 1 is 1.31 bits per heavy atom. The summed E-state index contributed by atoms with van der Waals surface area (Å²) in [6, 6.07) is 9.68. The summed E-state index contributed by atoms with van der Waals surface area (Å²) in [6.07, 6.45) is 1.37. The molecule has 1 heterocycles. The summed E-state index contributed by atoms with van der Waals surface area (Å²) in [4.78, 5) is 17.9. The number of hydrogen-bond donors (Lipinski definition) is 1. The molecule has 0 saturated heterocycles. The number of nitrogens with zero attached hydrogens (tertiary/aromatic N) is 1. The molecule has 4 nitrogen and oxygen atoms in total. The van der Waals surface area contributed by atoms with Gasteiger partial charge in [-0.2, -0.15) is 0 Å². The van der Waals surface area contributed by atoms with Gasteiger partial charge in [0.1, 0.15) is 6.61 Å². The Balaban J connectivity index is 2.14. The van der Waals surface area contributed by atoms with Crippen molar-refractivity contribution in [1.29, 1.82) is 0 Å². The maximum Gasteiger partial charge on any atom is 0.293 e. The van der Waals surface area contributed by atoms with Crippen LogP contribution < -0.4 is 10.3 Å². The van der Waals surface area contributed by atoms with Crippen LogP contribution in [0.4, 0.5) is 0 Å². The number of rotatable bonds is 3. The highest BCUT2D eigenvalue weighted by Crippen LogP contribution is 2.09. The number of aryl methyl sites for hydroxylation is 1. The fourth-order valence-corrected chi connectivity index (χ4v) is 1.38. The highest BCUT2D eigenvalue weighted by Gasteiger charge is 2.05. The zero-order valence-electron chi connectivity index (χ0n) is 8.93. The Bertz CT molecular complexity index is 520. The fourth-order valence-electron chi connectivity index (χ4n) is 1.38. The molecule has 0 bridgehead atoms. The number of H-pyrrole nitrogens is 1. The molecule has 1 aromatic carbocycles. The van der Waals surface area contributed by atoms with Crippen molar-refractivity contribution in [2.24, 2.45) is 0 Å². The van der Waals surface area contributed by atoms with Crippen LogP contribution in [0.25, 0.3) is 0 Å². The first kappa shape index (κ1) is 10.4. The number of aromatic nitrogens is 2. The van der Waals surface area contributed by atoms with Crippen molar-refractivity contribution in [3.8, 4) is 5.75 Å². The predicted octanol–water partition coefficient (Wildman–Crippen LogP) is 1.66. The van der Waals surface area contributed by atoms with Gasteiger partial charge in [0, 0.05) is 0 Å². The zero-order chi connectivity index (χ0) is 11.4. The van der Waals surface area contributed by atoms with Crippen LogP contribution in [-0.4, -0.2) is 9.97 Å². The molecule has 0 atom stereocenters. The van der Waals surface area contributed by atoms with Crippen LogP contribution in [-0.2, 0) is 6.61 Å². The molecule has 0 aliphatic heterocycles. The minimum absolute atomic E-state index is 0.247. The van der Waals surface area contributed by atoms with Gasteiger partial charge in [0.15, 0.2) is 0 Å². The third kappa shape index (κ3) is 2.28. The molecule has 2 aromatic rings. The Labute approximate surface area is 92.9 Å². The molecule has 16 heavy (non-hydrogen) atoms. The zero-order valence-corrected chi connectivity index (χ0v) is 8.93. The van der Waals surface area contributed by atoms with Crippen molar-refractivity contribution in [3.05, 3.63) is 58.3 Å². The Morgan fingerprint density at radius 2 is 2.06 bits per heavy atom. The van der Waals surface area contributed by atoms with Crippen LogP contribution in [0.1, 0.15) is 11.3 Å². The summed E-state index contributed by atoms with van der Waals surface area (Å²) in [5.41, 5.74) is 1.37. The summed E-state index contributed by atoms with van der Waals surface area (Å²) in [5, 5.41) is 0. The van der Waals surface area contributed by atoms with E-state index in [4.69, 9.17) is 4.74 Å². The van der Waals surface area contributed by atoms with Gasteiger partial charge in [-0.15, -0.1) is 0 Å². The first-order valence-electron chi connectivity index (χ1n) is 4.98. The first-order chi connectivity index (χ1) is 7.77. The Kier molecular flexibility index (Phi) is 3.00. The normalized spacial score (nSPS) is 10.1.